The lowest BCUT2D eigenvalue weighted by atomic mass is 9.73. The highest BCUT2D eigenvalue weighted by atomic mass is 32.1. The molecular formula is C24H35N7OS2. The number of hydrogen-bond acceptors (Lipinski definition) is 8. The minimum atomic E-state index is 0. The molecule has 0 radical (unpaired) electrons. The molecule has 2 fully saturated rings. The van der Waals surface area contributed by atoms with Crippen LogP contribution in [0.2, 0.25) is 0 Å². The smallest absolute Gasteiger partial charge is 0.156 e. The van der Waals surface area contributed by atoms with E-state index in [-0.39, 0.29) is 44.6 Å². The van der Waals surface area contributed by atoms with Crippen molar-refractivity contribution in [2.24, 2.45) is 16.1 Å². The number of piperidine rings is 1. The minimum absolute atomic E-state index is 0. The van der Waals surface area contributed by atoms with Crippen molar-refractivity contribution in [1.82, 2.24) is 15.0 Å². The molecule has 0 saturated carbocycles. The van der Waals surface area contributed by atoms with E-state index < -0.39 is 0 Å². The van der Waals surface area contributed by atoms with Gasteiger partial charge in [-0.25, -0.2) is 9.97 Å². The average molecular weight is 502 g/mol. The van der Waals surface area contributed by atoms with Crippen molar-refractivity contribution in [1.29, 1.82) is 0 Å². The molecule has 0 bridgehead atoms. The molecule has 1 spiro atoms. The van der Waals surface area contributed by atoms with Crippen LogP contribution >= 0.6 is 27.0 Å². The monoisotopic (exact) mass is 501 g/mol. The Morgan fingerprint density at radius 3 is 2.65 bits per heavy atom. The van der Waals surface area contributed by atoms with Gasteiger partial charge in [-0.2, -0.15) is 27.0 Å². The number of amidine groups is 1. The normalized spacial score (nSPS) is 24.7. The van der Waals surface area contributed by atoms with E-state index in [2.05, 4.69) is 34.7 Å². The molecule has 2 atom stereocenters. The number of anilines is 2. The number of fused-ring (bicyclic) bond motifs is 2. The number of aryl methyl sites for hydroxylation is 2. The second kappa shape index (κ2) is 9.64. The second-order valence-corrected chi connectivity index (χ2v) is 9.68. The van der Waals surface area contributed by atoms with Gasteiger partial charge in [0.15, 0.2) is 5.84 Å². The first kappa shape index (κ1) is 25.2. The van der Waals surface area contributed by atoms with E-state index in [1.807, 2.05) is 12.3 Å². The van der Waals surface area contributed by atoms with E-state index in [1.165, 1.54) is 0 Å². The number of nitrogens with two attached hydrogens (primary N) is 1. The van der Waals surface area contributed by atoms with Crippen LogP contribution in [0.4, 0.5) is 11.5 Å². The Labute approximate surface area is 215 Å². The molecule has 0 aliphatic carbocycles. The Hall–Kier alpha value is -1.88. The van der Waals surface area contributed by atoms with Gasteiger partial charge in [-0.05, 0) is 51.7 Å². The van der Waals surface area contributed by atoms with Crippen molar-refractivity contribution in [3.63, 3.8) is 0 Å². The van der Waals surface area contributed by atoms with Gasteiger partial charge in [0.2, 0.25) is 0 Å². The molecule has 2 aromatic heterocycles. The molecule has 34 heavy (non-hydrogen) atoms. The van der Waals surface area contributed by atoms with E-state index in [4.69, 9.17) is 25.4 Å². The second-order valence-electron chi connectivity index (χ2n) is 9.68. The molecule has 4 aliphatic rings. The van der Waals surface area contributed by atoms with Crippen LogP contribution in [0.15, 0.2) is 23.3 Å². The number of aliphatic imine (C=N–C) groups is 1. The van der Waals surface area contributed by atoms with Crippen molar-refractivity contribution in [3.05, 3.63) is 41.1 Å². The SMILES string of the molecule is Cc1nc2c(nc1N1CCC3(CC1)CO[C@@H](C)[C@H]3N)CN=C2N1CCCc2ncccc21.S.S. The van der Waals surface area contributed by atoms with Crippen LogP contribution in [0.1, 0.15) is 49.0 Å². The Balaban J connectivity index is 0.00000137. The topological polar surface area (TPSA) is 92.8 Å². The lowest BCUT2D eigenvalue weighted by Crippen LogP contribution is -2.51. The molecule has 4 aliphatic heterocycles. The van der Waals surface area contributed by atoms with Gasteiger partial charge < -0.3 is 20.3 Å². The number of rotatable bonds is 1. The minimum Gasteiger partial charge on any atom is -0.376 e. The predicted molar refractivity (Wildman–Crippen MR) is 145 cm³/mol. The molecule has 0 amide bonds. The van der Waals surface area contributed by atoms with Crippen molar-refractivity contribution in [2.45, 2.75) is 58.2 Å². The first-order valence-corrected chi connectivity index (χ1v) is 11.8. The highest BCUT2D eigenvalue weighted by Gasteiger charge is 2.47. The number of nitrogens with zero attached hydrogens (tertiary/aromatic N) is 6. The molecule has 10 heteroatoms. The summed E-state index contributed by atoms with van der Waals surface area (Å²) in [5.74, 6) is 1.94. The maximum atomic E-state index is 6.50. The number of ether oxygens (including phenoxy) is 1. The standard InChI is InChI=1S/C24H31N7O.2H2S/c1-15-22(30-11-7-24(8-12-30)14-32-16(2)21(24)25)29-18-13-27-23(20(18)28-15)31-10-4-5-17-19(31)6-3-9-26-17;;/h3,6,9,16,21H,4-5,7-8,10-14,25H2,1-2H3;2*1H2/t16-,21+;;/m0../s1. The highest BCUT2D eigenvalue weighted by Crippen LogP contribution is 2.42. The van der Waals surface area contributed by atoms with Gasteiger partial charge in [0.05, 0.1) is 42.0 Å². The van der Waals surface area contributed by atoms with Crippen molar-refractivity contribution in [3.8, 4) is 0 Å². The Bertz CT molecular complexity index is 1090. The third kappa shape index (κ3) is 3.98. The zero-order valence-electron chi connectivity index (χ0n) is 19.9. The molecule has 0 unspecified atom stereocenters. The molecule has 2 saturated heterocycles. The van der Waals surface area contributed by atoms with Crippen LogP contribution in [-0.2, 0) is 17.7 Å². The predicted octanol–water partition coefficient (Wildman–Crippen LogP) is 2.45. The van der Waals surface area contributed by atoms with Crippen molar-refractivity contribution < 1.29 is 4.74 Å². The zero-order chi connectivity index (χ0) is 21.9. The van der Waals surface area contributed by atoms with Gasteiger partial charge in [-0.1, -0.05) is 0 Å². The van der Waals surface area contributed by atoms with Gasteiger partial charge in [-0.3, -0.25) is 9.98 Å². The third-order valence-electron chi connectivity index (χ3n) is 7.82. The van der Waals surface area contributed by atoms with Crippen LogP contribution in [0.5, 0.6) is 0 Å². The summed E-state index contributed by atoms with van der Waals surface area (Å²) in [6, 6.07) is 4.26. The van der Waals surface area contributed by atoms with E-state index in [9.17, 15) is 0 Å². The van der Waals surface area contributed by atoms with Crippen molar-refractivity contribution in [2.75, 3.05) is 36.0 Å². The first-order chi connectivity index (χ1) is 15.6. The van der Waals surface area contributed by atoms with Gasteiger partial charge in [-0.15, -0.1) is 0 Å². The number of aromatic nitrogens is 3. The number of pyridine rings is 1. The summed E-state index contributed by atoms with van der Waals surface area (Å²) in [7, 11) is 0. The molecule has 0 aromatic carbocycles. The quantitative estimate of drug-likeness (QED) is 0.642. The maximum Gasteiger partial charge on any atom is 0.156 e. The van der Waals surface area contributed by atoms with Crippen molar-refractivity contribution >= 4 is 44.3 Å². The summed E-state index contributed by atoms with van der Waals surface area (Å²) in [5, 5.41) is 0. The third-order valence-corrected chi connectivity index (χ3v) is 7.82. The summed E-state index contributed by atoms with van der Waals surface area (Å²) in [4.78, 5) is 24.2. The van der Waals surface area contributed by atoms with E-state index in [1.54, 1.807) is 0 Å². The van der Waals surface area contributed by atoms with E-state index in [0.29, 0.717) is 6.54 Å². The van der Waals surface area contributed by atoms with Gasteiger partial charge in [0.1, 0.15) is 11.5 Å². The summed E-state index contributed by atoms with van der Waals surface area (Å²) >= 11 is 0. The Kier molecular flexibility index (Phi) is 7.15. The lowest BCUT2D eigenvalue weighted by Gasteiger charge is -2.42. The highest BCUT2D eigenvalue weighted by molar-refractivity contribution is 7.59. The molecule has 2 N–H and O–H groups in total. The summed E-state index contributed by atoms with van der Waals surface area (Å²) in [6.07, 6.45) is 6.18. The Morgan fingerprint density at radius 2 is 1.91 bits per heavy atom. The molecule has 6 heterocycles. The molecule has 184 valence electrons. The zero-order valence-corrected chi connectivity index (χ0v) is 21.9. The molecule has 8 nitrogen and oxygen atoms in total. The maximum absolute atomic E-state index is 6.50. The summed E-state index contributed by atoms with van der Waals surface area (Å²) in [6.45, 7) is 8.35. The number of hydrogen-bond donors (Lipinski definition) is 1. The van der Waals surface area contributed by atoms with Gasteiger partial charge in [0.25, 0.3) is 0 Å². The summed E-state index contributed by atoms with van der Waals surface area (Å²) < 4.78 is 5.88. The molecular weight excluding hydrogens is 466 g/mol. The fraction of sp³-hybridized carbons (Fsp3) is 0.583. The van der Waals surface area contributed by atoms with Gasteiger partial charge in [0, 0.05) is 37.3 Å². The van der Waals surface area contributed by atoms with Gasteiger partial charge >= 0.3 is 0 Å². The first-order valence-electron chi connectivity index (χ1n) is 11.8. The average Bonchev–Trinajstić information content (AvgIpc) is 3.35. The summed E-state index contributed by atoms with van der Waals surface area (Å²) in [5.41, 5.74) is 11.8. The lowest BCUT2D eigenvalue weighted by molar-refractivity contribution is 0.0974. The Morgan fingerprint density at radius 1 is 1.12 bits per heavy atom. The van der Waals surface area contributed by atoms with Crippen LogP contribution < -0.4 is 15.5 Å². The molecule has 2 aromatic rings. The molecule has 6 rings (SSSR count). The fourth-order valence-corrected chi connectivity index (χ4v) is 5.82. The van der Waals surface area contributed by atoms with Crippen LogP contribution in [0.3, 0.4) is 0 Å². The fourth-order valence-electron chi connectivity index (χ4n) is 5.82. The van der Waals surface area contributed by atoms with Crippen LogP contribution in [0.25, 0.3) is 0 Å². The van der Waals surface area contributed by atoms with E-state index >= 15 is 0 Å². The van der Waals surface area contributed by atoms with E-state index in [0.717, 1.165) is 92.0 Å². The largest absolute Gasteiger partial charge is 0.376 e. The van der Waals surface area contributed by atoms with Crippen LogP contribution in [-0.4, -0.2) is 59.2 Å². The van der Waals surface area contributed by atoms with Crippen LogP contribution in [0, 0.1) is 12.3 Å².